The second-order valence-electron chi connectivity index (χ2n) is 5.34. The Labute approximate surface area is 137 Å². The number of aliphatic carboxylic acids is 1. The van der Waals surface area contributed by atoms with Crippen molar-refractivity contribution in [2.75, 3.05) is 32.6 Å². The highest BCUT2D eigenvalue weighted by molar-refractivity contribution is 5.91. The number of hydrogen-bond acceptors (Lipinski definition) is 4. The highest BCUT2D eigenvalue weighted by Crippen LogP contribution is 2.36. The maximum absolute atomic E-state index is 14.1. The van der Waals surface area contributed by atoms with Crippen LogP contribution in [-0.2, 0) is 4.79 Å². The van der Waals surface area contributed by atoms with Gasteiger partial charge in [-0.05, 0) is 12.8 Å². The number of piperidine rings is 1. The quantitative estimate of drug-likeness (QED) is 0.875. The van der Waals surface area contributed by atoms with Crippen molar-refractivity contribution in [3.8, 4) is 11.5 Å². The zero-order chi connectivity index (χ0) is 17.9. The Morgan fingerprint density at radius 3 is 2.54 bits per heavy atom. The molecule has 1 aliphatic heterocycles. The fraction of sp³-hybridized carbons (Fsp3) is 0.467. The van der Waals surface area contributed by atoms with Crippen molar-refractivity contribution in [3.63, 3.8) is 0 Å². The van der Waals surface area contributed by atoms with Crippen LogP contribution in [0, 0.1) is 17.6 Å². The third kappa shape index (κ3) is 3.50. The van der Waals surface area contributed by atoms with Gasteiger partial charge in [-0.15, -0.1) is 0 Å². The molecular formula is C15H18F2N2O5. The minimum absolute atomic E-state index is 0.0323. The molecular weight excluding hydrogens is 326 g/mol. The predicted molar refractivity (Wildman–Crippen MR) is 80.4 cm³/mol. The molecule has 0 aromatic heterocycles. The molecule has 1 aromatic rings. The number of carbonyl (C=O) groups is 2. The molecule has 1 aliphatic rings. The summed E-state index contributed by atoms with van der Waals surface area (Å²) in [6.45, 7) is 0.393. The Balaban J connectivity index is 2.21. The van der Waals surface area contributed by atoms with E-state index in [4.69, 9.17) is 9.84 Å². The number of methoxy groups -OCH3 is 2. The summed E-state index contributed by atoms with van der Waals surface area (Å²) >= 11 is 0. The Morgan fingerprint density at radius 1 is 1.29 bits per heavy atom. The summed E-state index contributed by atoms with van der Waals surface area (Å²) in [4.78, 5) is 24.6. The number of carbonyl (C=O) groups excluding carboxylic acids is 1. The SMILES string of the molecule is COc1c(F)cc(NC(=O)N2CCCC(C(=O)O)C2)c(OC)c1F. The van der Waals surface area contributed by atoms with E-state index in [1.807, 2.05) is 0 Å². The first-order valence-electron chi connectivity index (χ1n) is 7.27. The maximum Gasteiger partial charge on any atom is 0.321 e. The molecule has 1 saturated heterocycles. The Bertz CT molecular complexity index is 653. The van der Waals surface area contributed by atoms with Crippen LogP contribution in [0.2, 0.25) is 0 Å². The van der Waals surface area contributed by atoms with E-state index in [1.54, 1.807) is 0 Å². The summed E-state index contributed by atoms with van der Waals surface area (Å²) in [5.74, 6) is -4.69. The molecule has 0 bridgehead atoms. The number of nitrogens with zero attached hydrogens (tertiary/aromatic N) is 1. The van der Waals surface area contributed by atoms with E-state index in [2.05, 4.69) is 10.1 Å². The van der Waals surface area contributed by atoms with E-state index in [-0.39, 0.29) is 18.0 Å². The zero-order valence-electron chi connectivity index (χ0n) is 13.3. The van der Waals surface area contributed by atoms with E-state index in [9.17, 15) is 18.4 Å². The molecule has 1 unspecified atom stereocenters. The molecule has 0 aliphatic carbocycles. The van der Waals surface area contributed by atoms with E-state index in [0.717, 1.165) is 13.2 Å². The van der Waals surface area contributed by atoms with Gasteiger partial charge in [0.25, 0.3) is 0 Å². The number of ether oxygens (including phenoxy) is 2. The van der Waals surface area contributed by atoms with Gasteiger partial charge >= 0.3 is 12.0 Å². The van der Waals surface area contributed by atoms with E-state index in [1.165, 1.54) is 12.0 Å². The number of hydrogen-bond donors (Lipinski definition) is 2. The van der Waals surface area contributed by atoms with Gasteiger partial charge in [-0.25, -0.2) is 9.18 Å². The summed E-state index contributed by atoms with van der Waals surface area (Å²) in [7, 11) is 2.28. The number of rotatable bonds is 4. The van der Waals surface area contributed by atoms with Crippen molar-refractivity contribution >= 4 is 17.7 Å². The minimum atomic E-state index is -1.07. The van der Waals surface area contributed by atoms with E-state index in [0.29, 0.717) is 19.4 Å². The van der Waals surface area contributed by atoms with Crippen LogP contribution in [0.5, 0.6) is 11.5 Å². The average molecular weight is 344 g/mol. The zero-order valence-corrected chi connectivity index (χ0v) is 13.3. The number of carboxylic acid groups (broad SMARTS) is 1. The number of amides is 2. The highest BCUT2D eigenvalue weighted by Gasteiger charge is 2.29. The standard InChI is InChI=1S/C15H18F2N2O5/c1-23-12-9(16)6-10(13(24-2)11(12)17)18-15(22)19-5-3-4-8(7-19)14(20)21/h6,8H,3-5,7H2,1-2H3,(H,18,22)(H,20,21). The smallest absolute Gasteiger partial charge is 0.321 e. The van der Waals surface area contributed by atoms with E-state index < -0.39 is 35.3 Å². The van der Waals surface area contributed by atoms with Gasteiger partial charge in [0.2, 0.25) is 5.82 Å². The van der Waals surface area contributed by atoms with Crippen LogP contribution in [0.25, 0.3) is 0 Å². The maximum atomic E-state index is 14.1. The minimum Gasteiger partial charge on any atom is -0.491 e. The fourth-order valence-corrected chi connectivity index (χ4v) is 2.62. The van der Waals surface area contributed by atoms with Gasteiger partial charge in [0.1, 0.15) is 0 Å². The number of nitrogens with one attached hydrogen (secondary N) is 1. The van der Waals surface area contributed by atoms with Crippen molar-refractivity contribution in [3.05, 3.63) is 17.7 Å². The molecule has 9 heteroatoms. The molecule has 0 saturated carbocycles. The Morgan fingerprint density at radius 2 is 1.96 bits per heavy atom. The van der Waals surface area contributed by atoms with Gasteiger partial charge in [0.05, 0.1) is 25.8 Å². The third-order valence-corrected chi connectivity index (χ3v) is 3.84. The van der Waals surface area contributed by atoms with Crippen LogP contribution >= 0.6 is 0 Å². The highest BCUT2D eigenvalue weighted by atomic mass is 19.1. The fourth-order valence-electron chi connectivity index (χ4n) is 2.62. The average Bonchev–Trinajstić information content (AvgIpc) is 2.55. The van der Waals surface area contributed by atoms with Crippen LogP contribution < -0.4 is 14.8 Å². The molecule has 1 fully saturated rings. The van der Waals surface area contributed by atoms with Crippen molar-refractivity contribution in [2.24, 2.45) is 5.92 Å². The molecule has 7 nitrogen and oxygen atoms in total. The van der Waals surface area contributed by atoms with Gasteiger partial charge in [-0.2, -0.15) is 4.39 Å². The molecule has 1 atom stereocenters. The largest absolute Gasteiger partial charge is 0.491 e. The summed E-state index contributed by atoms with van der Waals surface area (Å²) < 4.78 is 37.4. The molecule has 0 radical (unpaired) electrons. The van der Waals surface area contributed by atoms with Gasteiger partial charge in [-0.1, -0.05) is 0 Å². The molecule has 1 heterocycles. The number of halogens is 2. The first kappa shape index (κ1) is 17.8. The molecule has 24 heavy (non-hydrogen) atoms. The van der Waals surface area contributed by atoms with Crippen molar-refractivity contribution in [1.82, 2.24) is 4.90 Å². The predicted octanol–water partition coefficient (Wildman–Crippen LogP) is 2.31. The summed E-state index contributed by atoms with van der Waals surface area (Å²) in [5.41, 5.74) is -0.198. The Kier molecular flexibility index (Phi) is 5.42. The Hall–Kier alpha value is -2.58. The second kappa shape index (κ2) is 7.33. The normalized spacial score (nSPS) is 17.3. The number of anilines is 1. The van der Waals surface area contributed by atoms with Gasteiger partial charge in [-0.3, -0.25) is 4.79 Å². The van der Waals surface area contributed by atoms with Gasteiger partial charge < -0.3 is 24.8 Å². The number of carboxylic acids is 1. The number of likely N-dealkylation sites (tertiary alicyclic amines) is 1. The number of urea groups is 1. The lowest BCUT2D eigenvalue weighted by atomic mass is 9.99. The van der Waals surface area contributed by atoms with Crippen molar-refractivity contribution in [1.29, 1.82) is 0 Å². The van der Waals surface area contributed by atoms with Gasteiger partial charge in [0.15, 0.2) is 17.3 Å². The van der Waals surface area contributed by atoms with Crippen LogP contribution in [-0.4, -0.2) is 49.3 Å². The van der Waals surface area contributed by atoms with Crippen LogP contribution in [0.4, 0.5) is 19.3 Å². The topological polar surface area (TPSA) is 88.1 Å². The monoisotopic (exact) mass is 344 g/mol. The number of benzene rings is 1. The van der Waals surface area contributed by atoms with Crippen molar-refractivity contribution < 1.29 is 33.0 Å². The molecule has 2 amide bonds. The van der Waals surface area contributed by atoms with E-state index >= 15 is 0 Å². The molecule has 132 valence electrons. The lowest BCUT2D eigenvalue weighted by Crippen LogP contribution is -2.44. The first-order chi connectivity index (χ1) is 11.4. The molecule has 1 aromatic carbocycles. The van der Waals surface area contributed by atoms with Crippen LogP contribution in [0.3, 0.4) is 0 Å². The first-order valence-corrected chi connectivity index (χ1v) is 7.27. The lowest BCUT2D eigenvalue weighted by Gasteiger charge is -2.30. The molecule has 0 spiro atoms. The summed E-state index contributed by atoms with van der Waals surface area (Å²) in [5, 5.41) is 11.4. The van der Waals surface area contributed by atoms with Gasteiger partial charge in [0, 0.05) is 19.2 Å². The summed E-state index contributed by atoms with van der Waals surface area (Å²) in [6.07, 6.45) is 1.01. The van der Waals surface area contributed by atoms with Crippen molar-refractivity contribution in [2.45, 2.75) is 12.8 Å². The third-order valence-electron chi connectivity index (χ3n) is 3.84. The summed E-state index contributed by atoms with van der Waals surface area (Å²) in [6, 6.07) is 0.236. The lowest BCUT2D eigenvalue weighted by molar-refractivity contribution is -0.143. The second-order valence-corrected chi connectivity index (χ2v) is 5.34. The van der Waals surface area contributed by atoms with Crippen LogP contribution in [0.1, 0.15) is 12.8 Å². The molecule has 2 rings (SSSR count). The molecule has 2 N–H and O–H groups in total. The van der Waals surface area contributed by atoms with Crippen LogP contribution in [0.15, 0.2) is 6.07 Å².